The Hall–Kier alpha value is -1.55. The summed E-state index contributed by atoms with van der Waals surface area (Å²) in [7, 11) is 0. The van der Waals surface area contributed by atoms with Crippen molar-refractivity contribution in [2.45, 2.75) is 32.1 Å². The molecule has 0 heterocycles. The summed E-state index contributed by atoms with van der Waals surface area (Å²) in [5, 5.41) is 19.6. The van der Waals surface area contributed by atoms with E-state index in [0.29, 0.717) is 23.8 Å². The van der Waals surface area contributed by atoms with E-state index in [1.54, 1.807) is 24.3 Å². The van der Waals surface area contributed by atoms with Crippen molar-refractivity contribution in [1.82, 2.24) is 0 Å². The van der Waals surface area contributed by atoms with Crippen molar-refractivity contribution in [1.29, 1.82) is 0 Å². The topological polar surface area (TPSA) is 74.6 Å². The van der Waals surface area contributed by atoms with Gasteiger partial charge in [-0.3, -0.25) is 9.59 Å². The van der Waals surface area contributed by atoms with Crippen molar-refractivity contribution in [2.24, 2.45) is 11.3 Å². The fraction of sp³-hybridized carbons (Fsp3) is 0.467. The normalized spacial score (nSPS) is 25.1. The highest BCUT2D eigenvalue weighted by molar-refractivity contribution is 6.30. The number of aliphatic carboxylic acids is 2. The van der Waals surface area contributed by atoms with E-state index in [9.17, 15) is 19.8 Å². The third kappa shape index (κ3) is 2.40. The van der Waals surface area contributed by atoms with E-state index in [4.69, 9.17) is 11.6 Å². The monoisotopic (exact) mass is 296 g/mol. The molecule has 0 spiro atoms. The summed E-state index contributed by atoms with van der Waals surface area (Å²) < 4.78 is 0. The molecule has 0 amide bonds. The van der Waals surface area contributed by atoms with Crippen molar-refractivity contribution in [3.05, 3.63) is 34.9 Å². The summed E-state index contributed by atoms with van der Waals surface area (Å²) in [5.74, 6) is -2.73. The third-order valence-electron chi connectivity index (χ3n) is 4.30. The first-order valence-corrected chi connectivity index (χ1v) is 6.98. The van der Waals surface area contributed by atoms with Gasteiger partial charge in [-0.2, -0.15) is 0 Å². The van der Waals surface area contributed by atoms with Crippen LogP contribution >= 0.6 is 11.6 Å². The Kier molecular flexibility index (Phi) is 4.04. The van der Waals surface area contributed by atoms with Crippen LogP contribution in [0.25, 0.3) is 0 Å². The van der Waals surface area contributed by atoms with Gasteiger partial charge in [-0.05, 0) is 42.9 Å². The van der Waals surface area contributed by atoms with Crippen molar-refractivity contribution in [3.63, 3.8) is 0 Å². The summed E-state index contributed by atoms with van der Waals surface area (Å²) in [5.41, 5.74) is -1.01. The predicted molar refractivity (Wildman–Crippen MR) is 74.9 cm³/mol. The van der Waals surface area contributed by atoms with Gasteiger partial charge in [-0.25, -0.2) is 0 Å². The highest BCUT2D eigenvalue weighted by Crippen LogP contribution is 2.49. The summed E-state index contributed by atoms with van der Waals surface area (Å²) in [6.07, 6.45) is 1.33. The first-order chi connectivity index (χ1) is 9.37. The molecular weight excluding hydrogens is 280 g/mol. The Balaban J connectivity index is 2.50. The third-order valence-corrected chi connectivity index (χ3v) is 4.55. The molecule has 1 saturated carbocycles. The zero-order valence-electron chi connectivity index (χ0n) is 11.2. The summed E-state index contributed by atoms with van der Waals surface area (Å²) in [6.45, 7) is 2.02. The predicted octanol–water partition coefficient (Wildman–Crippen LogP) is 3.40. The molecule has 1 aliphatic rings. The van der Waals surface area contributed by atoms with Crippen LogP contribution in [0, 0.1) is 11.3 Å². The Bertz CT molecular complexity index is 509. The van der Waals surface area contributed by atoms with Gasteiger partial charge in [0.05, 0.1) is 0 Å². The molecule has 20 heavy (non-hydrogen) atoms. The second kappa shape index (κ2) is 5.44. The fourth-order valence-electron chi connectivity index (χ4n) is 3.09. The number of carboxylic acids is 2. The maximum atomic E-state index is 11.7. The second-order valence-electron chi connectivity index (χ2n) is 5.57. The molecule has 108 valence electrons. The molecule has 1 aliphatic carbocycles. The van der Waals surface area contributed by atoms with E-state index in [1.807, 2.05) is 6.92 Å². The standard InChI is InChI=1S/C15H17ClO4/c1-9-6-7-15(13(17)18,14(19)20)12(8-9)10-2-4-11(16)5-3-10/h2-5,9,12H,6-8H2,1H3,(H,17,18)(H,19,20). The van der Waals surface area contributed by atoms with Crippen molar-refractivity contribution in [3.8, 4) is 0 Å². The molecule has 0 bridgehead atoms. The van der Waals surface area contributed by atoms with Crippen LogP contribution in [0.5, 0.6) is 0 Å². The van der Waals surface area contributed by atoms with Crippen LogP contribution in [0.15, 0.2) is 24.3 Å². The maximum absolute atomic E-state index is 11.7. The molecule has 1 aromatic carbocycles. The molecular formula is C15H17ClO4. The first-order valence-electron chi connectivity index (χ1n) is 6.60. The molecule has 5 heteroatoms. The van der Waals surface area contributed by atoms with Gasteiger partial charge >= 0.3 is 11.9 Å². The van der Waals surface area contributed by atoms with Gasteiger partial charge in [0.25, 0.3) is 0 Å². The van der Waals surface area contributed by atoms with E-state index >= 15 is 0 Å². The van der Waals surface area contributed by atoms with Crippen LogP contribution < -0.4 is 0 Å². The molecule has 4 nitrogen and oxygen atoms in total. The van der Waals surface area contributed by atoms with Gasteiger partial charge in [0.2, 0.25) is 0 Å². The van der Waals surface area contributed by atoms with E-state index < -0.39 is 23.3 Å². The van der Waals surface area contributed by atoms with E-state index in [0.717, 1.165) is 5.56 Å². The van der Waals surface area contributed by atoms with Gasteiger partial charge in [0.15, 0.2) is 5.41 Å². The molecule has 2 N–H and O–H groups in total. The molecule has 0 aliphatic heterocycles. The van der Waals surface area contributed by atoms with Gasteiger partial charge in [0, 0.05) is 10.9 Å². The van der Waals surface area contributed by atoms with Gasteiger partial charge in [0.1, 0.15) is 0 Å². The molecule has 0 aromatic heterocycles. The number of benzene rings is 1. The summed E-state index contributed by atoms with van der Waals surface area (Å²) >= 11 is 5.84. The smallest absolute Gasteiger partial charge is 0.321 e. The minimum atomic E-state index is -1.74. The first kappa shape index (κ1) is 14.9. The Morgan fingerprint density at radius 1 is 1.20 bits per heavy atom. The number of rotatable bonds is 3. The van der Waals surface area contributed by atoms with Crippen LogP contribution in [-0.4, -0.2) is 22.2 Å². The minimum Gasteiger partial charge on any atom is -0.480 e. The van der Waals surface area contributed by atoms with Crippen molar-refractivity contribution >= 4 is 23.5 Å². The fourth-order valence-corrected chi connectivity index (χ4v) is 3.21. The summed E-state index contributed by atoms with van der Waals surface area (Å²) in [4.78, 5) is 23.3. The van der Waals surface area contributed by atoms with Crippen LogP contribution in [-0.2, 0) is 9.59 Å². The Morgan fingerprint density at radius 2 is 1.75 bits per heavy atom. The highest BCUT2D eigenvalue weighted by atomic mass is 35.5. The average molecular weight is 297 g/mol. The number of hydrogen-bond acceptors (Lipinski definition) is 2. The van der Waals surface area contributed by atoms with Gasteiger partial charge < -0.3 is 10.2 Å². The molecule has 0 saturated heterocycles. The average Bonchev–Trinajstić information content (AvgIpc) is 2.39. The molecule has 1 fully saturated rings. The SMILES string of the molecule is CC1CCC(C(=O)O)(C(=O)O)C(c2ccc(Cl)cc2)C1. The minimum absolute atomic E-state index is 0.159. The zero-order chi connectivity index (χ0) is 14.9. The van der Waals surface area contributed by atoms with Crippen molar-refractivity contribution < 1.29 is 19.8 Å². The van der Waals surface area contributed by atoms with E-state index in [-0.39, 0.29) is 6.42 Å². The lowest BCUT2D eigenvalue weighted by Crippen LogP contribution is -2.47. The number of carboxylic acid groups (broad SMARTS) is 2. The Morgan fingerprint density at radius 3 is 2.25 bits per heavy atom. The number of halogens is 1. The largest absolute Gasteiger partial charge is 0.480 e. The highest BCUT2D eigenvalue weighted by Gasteiger charge is 2.55. The zero-order valence-corrected chi connectivity index (χ0v) is 11.9. The molecule has 2 atom stereocenters. The molecule has 2 rings (SSSR count). The van der Waals surface area contributed by atoms with Crippen molar-refractivity contribution in [2.75, 3.05) is 0 Å². The number of hydrogen-bond donors (Lipinski definition) is 2. The Labute approximate surface area is 122 Å². The van der Waals surface area contributed by atoms with Crippen LogP contribution in [0.2, 0.25) is 5.02 Å². The molecule has 1 aromatic rings. The molecule has 0 radical (unpaired) electrons. The van der Waals surface area contributed by atoms with Gasteiger partial charge in [-0.1, -0.05) is 30.7 Å². The van der Waals surface area contributed by atoms with Crippen LogP contribution in [0.1, 0.15) is 37.7 Å². The molecule has 2 unspecified atom stereocenters. The lowest BCUT2D eigenvalue weighted by Gasteiger charge is -2.40. The summed E-state index contributed by atoms with van der Waals surface area (Å²) in [6, 6.07) is 6.80. The van der Waals surface area contributed by atoms with E-state index in [2.05, 4.69) is 0 Å². The van der Waals surface area contributed by atoms with Crippen LogP contribution in [0.4, 0.5) is 0 Å². The maximum Gasteiger partial charge on any atom is 0.321 e. The number of carbonyl (C=O) groups is 2. The lowest BCUT2D eigenvalue weighted by molar-refractivity contribution is -0.169. The van der Waals surface area contributed by atoms with Crippen LogP contribution in [0.3, 0.4) is 0 Å². The second-order valence-corrected chi connectivity index (χ2v) is 6.00. The van der Waals surface area contributed by atoms with Gasteiger partial charge in [-0.15, -0.1) is 0 Å². The lowest BCUT2D eigenvalue weighted by atomic mass is 9.61. The quantitative estimate of drug-likeness (QED) is 0.838. The van der Waals surface area contributed by atoms with E-state index in [1.165, 1.54) is 0 Å².